The molecule has 2 saturated heterocycles. The Morgan fingerprint density at radius 3 is 2.68 bits per heavy atom. The van der Waals surface area contributed by atoms with Gasteiger partial charge in [0, 0.05) is 18.0 Å². The van der Waals surface area contributed by atoms with E-state index in [-0.39, 0.29) is 11.9 Å². The van der Waals surface area contributed by atoms with Crippen molar-refractivity contribution in [1.82, 2.24) is 4.90 Å². The van der Waals surface area contributed by atoms with E-state index < -0.39 is 0 Å². The Morgan fingerprint density at radius 2 is 2.00 bits per heavy atom. The molecule has 2 bridgehead atoms. The molecule has 19 heavy (non-hydrogen) atoms. The first-order valence-corrected chi connectivity index (χ1v) is 7.07. The quantitative estimate of drug-likeness (QED) is 0.764. The molecule has 0 aliphatic carbocycles. The first-order valence-electron chi connectivity index (χ1n) is 7.07. The van der Waals surface area contributed by atoms with Gasteiger partial charge in [0.2, 0.25) is 0 Å². The van der Waals surface area contributed by atoms with Crippen LogP contribution in [0.4, 0.5) is 0 Å². The molecule has 2 aliphatic heterocycles. The molecule has 102 valence electrons. The maximum absolute atomic E-state index is 12.2. The number of nitrogens with zero attached hydrogens (tertiary/aromatic N) is 1. The fourth-order valence-corrected chi connectivity index (χ4v) is 3.97. The Kier molecular flexibility index (Phi) is 3.31. The fraction of sp³-hybridized carbons (Fsp3) is 0.562. The molecular weight excluding hydrogens is 238 g/mol. The number of ether oxygens (including phenoxy) is 1. The average Bonchev–Trinajstić information content (AvgIpc) is 2.70. The first kappa shape index (κ1) is 12.7. The smallest absolute Gasteiger partial charge is 0.310 e. The summed E-state index contributed by atoms with van der Waals surface area (Å²) in [4.78, 5) is 14.6. The molecule has 1 aromatic carbocycles. The Bertz CT molecular complexity index is 459. The monoisotopic (exact) mass is 259 g/mol. The normalized spacial score (nSPS) is 34.2. The van der Waals surface area contributed by atoms with E-state index in [0.717, 1.165) is 12.8 Å². The predicted octanol–water partition coefficient (Wildman–Crippen LogP) is 2.43. The van der Waals surface area contributed by atoms with Crippen LogP contribution in [0.2, 0.25) is 0 Å². The Hall–Kier alpha value is -1.35. The lowest BCUT2D eigenvalue weighted by Gasteiger charge is -2.41. The molecule has 3 heteroatoms. The Labute approximate surface area is 114 Å². The SMILES string of the molecule is COC(=O)C1C(c2ccccc2)C[C@@H]2CC[C@H]1N2C. The second-order valence-corrected chi connectivity index (χ2v) is 5.77. The highest BCUT2D eigenvalue weighted by Crippen LogP contribution is 2.46. The average molecular weight is 259 g/mol. The minimum Gasteiger partial charge on any atom is -0.469 e. The number of carbonyl (C=O) groups is 1. The largest absolute Gasteiger partial charge is 0.469 e. The van der Waals surface area contributed by atoms with Crippen LogP contribution in [0.25, 0.3) is 0 Å². The van der Waals surface area contributed by atoms with Gasteiger partial charge in [0.25, 0.3) is 0 Å². The van der Waals surface area contributed by atoms with E-state index in [1.54, 1.807) is 0 Å². The molecular formula is C16H21NO2. The summed E-state index contributed by atoms with van der Waals surface area (Å²) in [7, 11) is 3.66. The molecule has 2 heterocycles. The molecule has 0 aromatic heterocycles. The van der Waals surface area contributed by atoms with Crippen LogP contribution in [0.15, 0.2) is 30.3 Å². The van der Waals surface area contributed by atoms with E-state index in [1.807, 2.05) is 6.07 Å². The molecule has 0 amide bonds. The van der Waals surface area contributed by atoms with E-state index in [2.05, 4.69) is 36.2 Å². The van der Waals surface area contributed by atoms with Crippen molar-refractivity contribution in [3.63, 3.8) is 0 Å². The number of rotatable bonds is 2. The van der Waals surface area contributed by atoms with E-state index in [1.165, 1.54) is 19.1 Å². The molecule has 1 aromatic rings. The number of benzene rings is 1. The van der Waals surface area contributed by atoms with Crippen LogP contribution in [0.3, 0.4) is 0 Å². The number of fused-ring (bicyclic) bond motifs is 2. The third-order valence-corrected chi connectivity index (χ3v) is 4.97. The standard InChI is InChI=1S/C16H21NO2/c1-17-12-8-9-14(17)15(16(18)19-2)13(10-12)11-6-4-3-5-7-11/h3-7,12-15H,8-10H2,1-2H3/t12-,13?,14+,15?/m0/s1. The van der Waals surface area contributed by atoms with Crippen LogP contribution in [0, 0.1) is 5.92 Å². The van der Waals surface area contributed by atoms with Crippen molar-refractivity contribution >= 4 is 5.97 Å². The van der Waals surface area contributed by atoms with Gasteiger partial charge in [0.05, 0.1) is 13.0 Å². The van der Waals surface area contributed by atoms with Gasteiger partial charge in [-0.3, -0.25) is 9.69 Å². The first-order chi connectivity index (χ1) is 9.22. The van der Waals surface area contributed by atoms with Gasteiger partial charge in [-0.15, -0.1) is 0 Å². The van der Waals surface area contributed by atoms with Gasteiger partial charge in [-0.05, 0) is 31.9 Å². The van der Waals surface area contributed by atoms with Crippen LogP contribution < -0.4 is 0 Å². The van der Waals surface area contributed by atoms with Gasteiger partial charge in [0.1, 0.15) is 0 Å². The van der Waals surface area contributed by atoms with Gasteiger partial charge in [0.15, 0.2) is 0 Å². The zero-order valence-corrected chi connectivity index (χ0v) is 11.6. The molecule has 2 fully saturated rings. The molecule has 0 radical (unpaired) electrons. The molecule has 0 N–H and O–H groups in total. The van der Waals surface area contributed by atoms with Crippen molar-refractivity contribution < 1.29 is 9.53 Å². The molecule has 3 rings (SSSR count). The highest BCUT2D eigenvalue weighted by molar-refractivity contribution is 5.75. The molecule has 4 atom stereocenters. The molecule has 3 nitrogen and oxygen atoms in total. The molecule has 2 unspecified atom stereocenters. The van der Waals surface area contributed by atoms with Crippen LogP contribution >= 0.6 is 0 Å². The van der Waals surface area contributed by atoms with Crippen LogP contribution in [0.1, 0.15) is 30.7 Å². The minimum atomic E-state index is -0.0500. The summed E-state index contributed by atoms with van der Waals surface area (Å²) in [6, 6.07) is 11.4. The highest BCUT2D eigenvalue weighted by Gasteiger charge is 2.49. The summed E-state index contributed by atoms with van der Waals surface area (Å²) in [6.07, 6.45) is 3.39. The fourth-order valence-electron chi connectivity index (χ4n) is 3.97. The third kappa shape index (κ3) is 2.06. The van der Waals surface area contributed by atoms with Crippen molar-refractivity contribution in [3.05, 3.63) is 35.9 Å². The number of hydrogen-bond donors (Lipinski definition) is 0. The minimum absolute atomic E-state index is 0.0175. The topological polar surface area (TPSA) is 29.5 Å². The Morgan fingerprint density at radius 1 is 1.26 bits per heavy atom. The van der Waals surface area contributed by atoms with Crippen molar-refractivity contribution in [2.24, 2.45) is 5.92 Å². The van der Waals surface area contributed by atoms with Crippen LogP contribution in [-0.4, -0.2) is 37.1 Å². The van der Waals surface area contributed by atoms with E-state index in [0.29, 0.717) is 18.0 Å². The van der Waals surface area contributed by atoms with Crippen molar-refractivity contribution in [2.45, 2.75) is 37.3 Å². The summed E-state index contributed by atoms with van der Waals surface area (Å²) in [5.41, 5.74) is 1.28. The summed E-state index contributed by atoms with van der Waals surface area (Å²) < 4.78 is 5.07. The van der Waals surface area contributed by atoms with E-state index in [9.17, 15) is 4.79 Å². The number of methoxy groups -OCH3 is 1. The van der Waals surface area contributed by atoms with Gasteiger partial charge in [-0.2, -0.15) is 0 Å². The van der Waals surface area contributed by atoms with E-state index >= 15 is 0 Å². The zero-order valence-electron chi connectivity index (χ0n) is 11.6. The zero-order chi connectivity index (χ0) is 13.4. The number of hydrogen-bond acceptors (Lipinski definition) is 3. The van der Waals surface area contributed by atoms with Crippen molar-refractivity contribution in [3.8, 4) is 0 Å². The molecule has 0 saturated carbocycles. The van der Waals surface area contributed by atoms with Crippen LogP contribution in [-0.2, 0) is 9.53 Å². The van der Waals surface area contributed by atoms with Crippen molar-refractivity contribution in [1.29, 1.82) is 0 Å². The highest BCUT2D eigenvalue weighted by atomic mass is 16.5. The molecule has 0 spiro atoms. The maximum Gasteiger partial charge on any atom is 0.310 e. The number of piperidine rings is 1. The van der Waals surface area contributed by atoms with E-state index in [4.69, 9.17) is 4.74 Å². The third-order valence-electron chi connectivity index (χ3n) is 4.97. The second kappa shape index (κ2) is 4.97. The second-order valence-electron chi connectivity index (χ2n) is 5.77. The van der Waals surface area contributed by atoms with Gasteiger partial charge >= 0.3 is 5.97 Å². The van der Waals surface area contributed by atoms with Crippen LogP contribution in [0.5, 0.6) is 0 Å². The van der Waals surface area contributed by atoms with Gasteiger partial charge < -0.3 is 4.74 Å². The lowest BCUT2D eigenvalue weighted by molar-refractivity contribution is -0.150. The van der Waals surface area contributed by atoms with Crippen molar-refractivity contribution in [2.75, 3.05) is 14.2 Å². The molecule has 2 aliphatic rings. The van der Waals surface area contributed by atoms with Gasteiger partial charge in [-0.1, -0.05) is 30.3 Å². The maximum atomic E-state index is 12.2. The lowest BCUT2D eigenvalue weighted by atomic mass is 9.76. The summed E-state index contributed by atoms with van der Waals surface area (Å²) in [5, 5.41) is 0. The summed E-state index contributed by atoms with van der Waals surface area (Å²) in [5.74, 6) is 0.240. The number of carbonyl (C=O) groups excluding carboxylic acids is 1. The number of esters is 1. The lowest BCUT2D eigenvalue weighted by Crippen LogP contribution is -2.49. The Balaban J connectivity index is 1.96. The van der Waals surface area contributed by atoms with Gasteiger partial charge in [-0.25, -0.2) is 0 Å². The summed E-state index contributed by atoms with van der Waals surface area (Å²) in [6.45, 7) is 0. The summed E-state index contributed by atoms with van der Waals surface area (Å²) >= 11 is 0. The predicted molar refractivity (Wildman–Crippen MR) is 73.9 cm³/mol.